The molecule has 0 spiro atoms. The highest BCUT2D eigenvalue weighted by atomic mass is 14.1. The van der Waals surface area contributed by atoms with E-state index in [1.54, 1.807) is 0 Å². The van der Waals surface area contributed by atoms with Gasteiger partial charge in [0.2, 0.25) is 0 Å². The fourth-order valence-electron chi connectivity index (χ4n) is 1.34. The van der Waals surface area contributed by atoms with Crippen molar-refractivity contribution in [1.29, 1.82) is 0 Å². The normalized spacial score (nSPS) is 12.9. The minimum atomic E-state index is 0.457. The lowest BCUT2D eigenvalue weighted by atomic mass is 9.95. The molecule has 0 aliphatic rings. The molecule has 1 rings (SSSR count). The molecule has 13 heavy (non-hydrogen) atoms. The second-order valence-electron chi connectivity index (χ2n) is 3.85. The summed E-state index contributed by atoms with van der Waals surface area (Å²) in [5, 5.41) is 0. The molecule has 1 unspecified atom stereocenters. The van der Waals surface area contributed by atoms with Crippen LogP contribution in [-0.2, 0) is 0 Å². The molecule has 0 fully saturated rings. The van der Waals surface area contributed by atoms with Crippen molar-refractivity contribution in [3.05, 3.63) is 48.0 Å². The summed E-state index contributed by atoms with van der Waals surface area (Å²) in [4.78, 5) is 0. The largest absolute Gasteiger partial charge is 0.102 e. The van der Waals surface area contributed by atoms with Gasteiger partial charge in [0, 0.05) is 0 Å². The minimum Gasteiger partial charge on any atom is -0.102 e. The van der Waals surface area contributed by atoms with E-state index in [4.69, 9.17) is 0 Å². The van der Waals surface area contributed by atoms with Crippen LogP contribution in [0.4, 0.5) is 0 Å². The summed E-state index contributed by atoms with van der Waals surface area (Å²) in [5.74, 6) is 1.07. The lowest BCUT2D eigenvalue weighted by Gasteiger charge is -2.10. The molecule has 1 aromatic carbocycles. The highest BCUT2D eigenvalue weighted by Gasteiger charge is 2.03. The first-order chi connectivity index (χ1) is 6.15. The Balaban J connectivity index is 2.97. The van der Waals surface area contributed by atoms with Gasteiger partial charge in [-0.2, -0.15) is 0 Å². The monoisotopic (exact) mass is 174 g/mol. The topological polar surface area (TPSA) is 0 Å². The van der Waals surface area contributed by atoms with Crippen LogP contribution in [0.5, 0.6) is 0 Å². The molecule has 70 valence electrons. The van der Waals surface area contributed by atoms with E-state index >= 15 is 0 Å². The number of hydrogen-bond donors (Lipinski definition) is 0. The van der Waals surface area contributed by atoms with Crippen LogP contribution < -0.4 is 0 Å². The third-order valence-electron chi connectivity index (χ3n) is 2.46. The van der Waals surface area contributed by atoms with E-state index in [1.165, 1.54) is 11.1 Å². The molecule has 0 aromatic heterocycles. The van der Waals surface area contributed by atoms with E-state index in [-0.39, 0.29) is 0 Å². The van der Waals surface area contributed by atoms with Gasteiger partial charge in [-0.3, -0.25) is 0 Å². The Bertz CT molecular complexity index is 284. The summed E-state index contributed by atoms with van der Waals surface area (Å²) < 4.78 is 0. The van der Waals surface area contributed by atoms with Gasteiger partial charge in [0.05, 0.1) is 0 Å². The zero-order valence-corrected chi connectivity index (χ0v) is 8.75. The predicted molar refractivity (Wildman–Crippen MR) is 59.1 cm³/mol. The molecule has 0 heterocycles. The lowest BCUT2D eigenvalue weighted by Crippen LogP contribution is -1.92. The van der Waals surface area contributed by atoms with Gasteiger partial charge < -0.3 is 0 Å². The van der Waals surface area contributed by atoms with Gasteiger partial charge in [0.25, 0.3) is 0 Å². The fraction of sp³-hybridized carbons (Fsp3) is 0.385. The standard InChI is InChI=1S/C13H18/c1-5-11(4)13-8-6-7-12(9-13)10(2)3/h5-11H,1H2,2-4H3. The molecular weight excluding hydrogens is 156 g/mol. The number of hydrogen-bond acceptors (Lipinski definition) is 0. The van der Waals surface area contributed by atoms with Crippen molar-refractivity contribution in [1.82, 2.24) is 0 Å². The first-order valence-corrected chi connectivity index (χ1v) is 4.87. The average Bonchev–Trinajstić information content (AvgIpc) is 2.17. The van der Waals surface area contributed by atoms with Gasteiger partial charge in [-0.05, 0) is 23.0 Å². The maximum absolute atomic E-state index is 3.81. The number of rotatable bonds is 3. The van der Waals surface area contributed by atoms with Crippen LogP contribution in [0.25, 0.3) is 0 Å². The van der Waals surface area contributed by atoms with Crippen molar-refractivity contribution in [2.45, 2.75) is 32.6 Å². The summed E-state index contributed by atoms with van der Waals surface area (Å²) >= 11 is 0. The van der Waals surface area contributed by atoms with Crippen molar-refractivity contribution in [2.24, 2.45) is 0 Å². The van der Waals surface area contributed by atoms with Crippen molar-refractivity contribution in [3.63, 3.8) is 0 Å². The average molecular weight is 174 g/mol. The fourth-order valence-corrected chi connectivity index (χ4v) is 1.34. The summed E-state index contributed by atoms with van der Waals surface area (Å²) in [5.41, 5.74) is 2.77. The second kappa shape index (κ2) is 4.27. The zero-order valence-electron chi connectivity index (χ0n) is 8.75. The van der Waals surface area contributed by atoms with E-state index in [2.05, 4.69) is 51.6 Å². The smallest absolute Gasteiger partial charge is 0.00130 e. The van der Waals surface area contributed by atoms with E-state index in [0.29, 0.717) is 11.8 Å². The molecule has 0 aliphatic carbocycles. The second-order valence-corrected chi connectivity index (χ2v) is 3.85. The summed E-state index contributed by atoms with van der Waals surface area (Å²) in [7, 11) is 0. The Labute approximate surface area is 81.3 Å². The van der Waals surface area contributed by atoms with Crippen molar-refractivity contribution < 1.29 is 0 Å². The van der Waals surface area contributed by atoms with Crippen LogP contribution in [-0.4, -0.2) is 0 Å². The Kier molecular flexibility index (Phi) is 3.30. The van der Waals surface area contributed by atoms with Gasteiger partial charge in [0.1, 0.15) is 0 Å². The minimum absolute atomic E-state index is 0.457. The van der Waals surface area contributed by atoms with Crippen LogP contribution in [0.15, 0.2) is 36.9 Å². The highest BCUT2D eigenvalue weighted by Crippen LogP contribution is 2.21. The Morgan fingerprint density at radius 2 is 1.77 bits per heavy atom. The van der Waals surface area contributed by atoms with Crippen molar-refractivity contribution >= 4 is 0 Å². The molecular formula is C13H18. The molecule has 0 bridgehead atoms. The first-order valence-electron chi connectivity index (χ1n) is 4.87. The van der Waals surface area contributed by atoms with Gasteiger partial charge in [-0.1, -0.05) is 51.1 Å². The summed E-state index contributed by atoms with van der Waals surface area (Å²) in [6.45, 7) is 10.4. The summed E-state index contributed by atoms with van der Waals surface area (Å²) in [6, 6.07) is 8.75. The van der Waals surface area contributed by atoms with Crippen LogP contribution in [0, 0.1) is 0 Å². The molecule has 0 nitrogen and oxygen atoms in total. The summed E-state index contributed by atoms with van der Waals surface area (Å²) in [6.07, 6.45) is 1.99. The molecule has 0 saturated heterocycles. The van der Waals surface area contributed by atoms with E-state index in [1.807, 2.05) is 6.08 Å². The highest BCUT2D eigenvalue weighted by molar-refractivity contribution is 5.29. The Morgan fingerprint density at radius 1 is 1.15 bits per heavy atom. The molecule has 0 radical (unpaired) electrons. The number of allylic oxidation sites excluding steroid dienone is 1. The molecule has 0 heteroatoms. The van der Waals surface area contributed by atoms with Gasteiger partial charge in [0.15, 0.2) is 0 Å². The van der Waals surface area contributed by atoms with Crippen LogP contribution >= 0.6 is 0 Å². The van der Waals surface area contributed by atoms with Crippen molar-refractivity contribution in [2.75, 3.05) is 0 Å². The first kappa shape index (κ1) is 10.0. The SMILES string of the molecule is C=CC(C)c1cccc(C(C)C)c1. The third kappa shape index (κ3) is 2.45. The van der Waals surface area contributed by atoms with Gasteiger partial charge >= 0.3 is 0 Å². The van der Waals surface area contributed by atoms with Crippen LogP contribution in [0.1, 0.15) is 43.7 Å². The predicted octanol–water partition coefficient (Wildman–Crippen LogP) is 4.10. The molecule has 1 atom stereocenters. The lowest BCUT2D eigenvalue weighted by molar-refractivity contribution is 0.856. The van der Waals surface area contributed by atoms with E-state index in [0.717, 1.165) is 0 Å². The van der Waals surface area contributed by atoms with Crippen molar-refractivity contribution in [3.8, 4) is 0 Å². The maximum atomic E-state index is 3.81. The third-order valence-corrected chi connectivity index (χ3v) is 2.46. The maximum Gasteiger partial charge on any atom is -0.00130 e. The Morgan fingerprint density at radius 3 is 2.31 bits per heavy atom. The van der Waals surface area contributed by atoms with Crippen LogP contribution in [0.2, 0.25) is 0 Å². The van der Waals surface area contributed by atoms with Crippen LogP contribution in [0.3, 0.4) is 0 Å². The molecule has 1 aromatic rings. The number of benzene rings is 1. The zero-order chi connectivity index (χ0) is 9.84. The quantitative estimate of drug-likeness (QED) is 0.605. The Hall–Kier alpha value is -1.04. The molecule has 0 N–H and O–H groups in total. The molecule has 0 aliphatic heterocycles. The van der Waals surface area contributed by atoms with Gasteiger partial charge in [-0.15, -0.1) is 6.58 Å². The van der Waals surface area contributed by atoms with Gasteiger partial charge in [-0.25, -0.2) is 0 Å². The molecule has 0 saturated carbocycles. The van der Waals surface area contributed by atoms with E-state index in [9.17, 15) is 0 Å². The van der Waals surface area contributed by atoms with E-state index < -0.39 is 0 Å². The molecule has 0 amide bonds.